The van der Waals surface area contributed by atoms with Crippen LogP contribution < -0.4 is 10.6 Å². The molecule has 3 rings (SSSR count). The van der Waals surface area contributed by atoms with Gasteiger partial charge in [-0.05, 0) is 63.1 Å². The van der Waals surface area contributed by atoms with Crippen molar-refractivity contribution in [2.75, 3.05) is 5.32 Å². The van der Waals surface area contributed by atoms with Gasteiger partial charge in [-0.3, -0.25) is 9.59 Å². The van der Waals surface area contributed by atoms with Crippen molar-refractivity contribution in [2.24, 2.45) is 0 Å². The van der Waals surface area contributed by atoms with Crippen LogP contribution in [0.5, 0.6) is 0 Å². The lowest BCUT2D eigenvalue weighted by Crippen LogP contribution is -2.44. The molecular weight excluding hydrogens is 502 g/mol. The van der Waals surface area contributed by atoms with Crippen LogP contribution in [0, 0.1) is 11.6 Å². The van der Waals surface area contributed by atoms with E-state index in [1.165, 1.54) is 25.1 Å². The molecule has 2 atom stereocenters. The van der Waals surface area contributed by atoms with Crippen LogP contribution in [0.2, 0.25) is 5.02 Å². The molecule has 2 aromatic carbocycles. The van der Waals surface area contributed by atoms with Gasteiger partial charge >= 0.3 is 0 Å². The van der Waals surface area contributed by atoms with Crippen LogP contribution in [-0.2, 0) is 20.5 Å². The van der Waals surface area contributed by atoms with E-state index in [9.17, 15) is 23.5 Å². The van der Waals surface area contributed by atoms with Crippen molar-refractivity contribution < 1.29 is 23.5 Å². The van der Waals surface area contributed by atoms with Gasteiger partial charge in [-0.25, -0.2) is 13.5 Å². The minimum atomic E-state index is -1.51. The van der Waals surface area contributed by atoms with Crippen molar-refractivity contribution in [2.45, 2.75) is 64.6 Å². The van der Waals surface area contributed by atoms with Crippen LogP contribution in [0.1, 0.15) is 64.5 Å². The fraction of sp³-hybridized carbons (Fsp3) is 0.370. The lowest BCUT2D eigenvalue weighted by molar-refractivity contribution is -0.132. The zero-order valence-corrected chi connectivity index (χ0v) is 22.3. The zero-order chi connectivity index (χ0) is 27.7. The third kappa shape index (κ3) is 6.53. The van der Waals surface area contributed by atoms with E-state index in [-0.39, 0.29) is 0 Å². The smallest absolute Gasteiger partial charge is 0.254 e. The van der Waals surface area contributed by atoms with Crippen LogP contribution in [0.3, 0.4) is 0 Å². The number of nitrogens with one attached hydrogen (secondary N) is 2. The molecule has 0 spiro atoms. The Morgan fingerprint density at radius 2 is 1.62 bits per heavy atom. The van der Waals surface area contributed by atoms with E-state index in [0.717, 1.165) is 6.07 Å². The molecule has 7 nitrogen and oxygen atoms in total. The third-order valence-corrected chi connectivity index (χ3v) is 6.22. The third-order valence-electron chi connectivity index (χ3n) is 5.99. The van der Waals surface area contributed by atoms with E-state index in [1.807, 2.05) is 20.8 Å². The van der Waals surface area contributed by atoms with Crippen molar-refractivity contribution >= 4 is 29.2 Å². The SMILES string of the molecule is C[C@H](NC(=O)[C@@H](O)c1cccc(Cl)c1)C(=O)Nc1cc(C(C)(C)c2cc(F)cc(F)c2)nn1C(C)(C)C. The van der Waals surface area contributed by atoms with Gasteiger partial charge in [-0.1, -0.05) is 37.6 Å². The lowest BCUT2D eigenvalue weighted by atomic mass is 9.81. The molecule has 0 aliphatic rings. The number of carbonyl (C=O) groups excluding carboxylic acids is 2. The van der Waals surface area contributed by atoms with E-state index in [2.05, 4.69) is 15.7 Å². The number of amides is 2. The first-order chi connectivity index (χ1) is 17.1. The van der Waals surface area contributed by atoms with Gasteiger partial charge in [0.05, 0.1) is 11.2 Å². The number of aromatic nitrogens is 2. The number of carbonyl (C=O) groups is 2. The summed E-state index contributed by atoms with van der Waals surface area (Å²) < 4.78 is 29.4. The zero-order valence-electron chi connectivity index (χ0n) is 21.6. The Morgan fingerprint density at radius 1 is 1.00 bits per heavy atom. The number of nitrogens with zero attached hydrogens (tertiary/aromatic N) is 2. The molecule has 10 heteroatoms. The molecule has 37 heavy (non-hydrogen) atoms. The van der Waals surface area contributed by atoms with Crippen molar-refractivity contribution in [3.05, 3.63) is 82.0 Å². The summed E-state index contributed by atoms with van der Waals surface area (Å²) in [4.78, 5) is 25.5. The second-order valence-corrected chi connectivity index (χ2v) is 10.9. The first-order valence-corrected chi connectivity index (χ1v) is 12.1. The summed E-state index contributed by atoms with van der Waals surface area (Å²) in [7, 11) is 0. The molecule has 0 saturated heterocycles. The number of hydrogen-bond donors (Lipinski definition) is 3. The number of hydrogen-bond acceptors (Lipinski definition) is 4. The highest BCUT2D eigenvalue weighted by Crippen LogP contribution is 2.34. The normalized spacial score (nSPS) is 13.7. The second kappa shape index (κ2) is 10.6. The van der Waals surface area contributed by atoms with E-state index < -0.39 is 46.5 Å². The van der Waals surface area contributed by atoms with Crippen LogP contribution in [0.15, 0.2) is 48.5 Å². The fourth-order valence-electron chi connectivity index (χ4n) is 3.77. The van der Waals surface area contributed by atoms with Crippen LogP contribution in [0.25, 0.3) is 0 Å². The van der Waals surface area contributed by atoms with E-state index in [0.29, 0.717) is 27.7 Å². The number of anilines is 1. The highest BCUT2D eigenvalue weighted by molar-refractivity contribution is 6.30. The average molecular weight is 533 g/mol. The van der Waals surface area contributed by atoms with E-state index in [1.54, 1.807) is 42.8 Å². The molecule has 0 radical (unpaired) electrons. The maximum Gasteiger partial charge on any atom is 0.254 e. The van der Waals surface area contributed by atoms with Crippen LogP contribution in [-0.4, -0.2) is 32.7 Å². The van der Waals surface area contributed by atoms with Gasteiger partial charge in [0.15, 0.2) is 6.10 Å². The van der Waals surface area contributed by atoms with Crippen molar-refractivity contribution in [1.82, 2.24) is 15.1 Å². The maximum absolute atomic E-state index is 13.9. The molecule has 0 saturated carbocycles. The van der Waals surface area contributed by atoms with Crippen molar-refractivity contribution in [3.8, 4) is 0 Å². The molecule has 3 aromatic rings. The summed E-state index contributed by atoms with van der Waals surface area (Å²) in [5, 5.41) is 20.6. The van der Waals surface area contributed by atoms with Crippen molar-refractivity contribution in [3.63, 3.8) is 0 Å². The number of aliphatic hydroxyl groups is 1. The molecule has 0 aliphatic heterocycles. The molecule has 0 fully saturated rings. The molecule has 0 unspecified atom stereocenters. The Kier molecular flexibility index (Phi) is 8.09. The Hall–Kier alpha value is -3.30. The highest BCUT2D eigenvalue weighted by Gasteiger charge is 2.32. The topological polar surface area (TPSA) is 96.2 Å². The first-order valence-electron chi connectivity index (χ1n) is 11.7. The fourth-order valence-corrected chi connectivity index (χ4v) is 3.97. The molecule has 0 bridgehead atoms. The summed E-state index contributed by atoms with van der Waals surface area (Å²) in [5.41, 5.74) is -0.281. The first kappa shape index (κ1) is 28.3. The molecule has 2 amide bonds. The van der Waals surface area contributed by atoms with Gasteiger partial charge in [0.25, 0.3) is 5.91 Å². The van der Waals surface area contributed by atoms with Crippen LogP contribution in [0.4, 0.5) is 14.6 Å². The summed E-state index contributed by atoms with van der Waals surface area (Å²) in [5.74, 6) is -2.36. The summed E-state index contributed by atoms with van der Waals surface area (Å²) in [6.45, 7) is 10.7. The van der Waals surface area contributed by atoms with E-state index >= 15 is 0 Å². The number of aliphatic hydroxyl groups excluding tert-OH is 1. The van der Waals surface area contributed by atoms with Gasteiger partial charge < -0.3 is 15.7 Å². The minimum absolute atomic E-state index is 0.295. The minimum Gasteiger partial charge on any atom is -0.378 e. The number of rotatable bonds is 7. The molecule has 0 aliphatic carbocycles. The lowest BCUT2D eigenvalue weighted by Gasteiger charge is -2.25. The van der Waals surface area contributed by atoms with Gasteiger partial charge in [0.1, 0.15) is 23.5 Å². The highest BCUT2D eigenvalue weighted by atomic mass is 35.5. The molecule has 198 valence electrons. The van der Waals surface area contributed by atoms with E-state index in [4.69, 9.17) is 11.6 Å². The second-order valence-electron chi connectivity index (χ2n) is 10.5. The van der Waals surface area contributed by atoms with Gasteiger partial charge in [0, 0.05) is 22.6 Å². The Labute approximate surface area is 219 Å². The Balaban J connectivity index is 1.83. The van der Waals surface area contributed by atoms with Gasteiger partial charge in [0.2, 0.25) is 5.91 Å². The predicted octanol–water partition coefficient (Wildman–Crippen LogP) is 5.07. The van der Waals surface area contributed by atoms with Crippen molar-refractivity contribution in [1.29, 1.82) is 0 Å². The summed E-state index contributed by atoms with van der Waals surface area (Å²) in [6, 6.07) is 10.2. The Bertz CT molecular complexity index is 1300. The average Bonchev–Trinajstić information content (AvgIpc) is 3.23. The summed E-state index contributed by atoms with van der Waals surface area (Å²) in [6.07, 6.45) is -1.51. The number of benzene rings is 2. The molecular formula is C27H31ClF2N4O3. The standard InChI is InChI=1S/C27H31ClF2N4O3/c1-15(31-25(37)23(35)16-8-7-9-18(28)10-16)24(36)32-22-14-21(33-34(22)26(2,3)4)27(5,6)17-11-19(29)13-20(30)12-17/h7-15,23,35H,1-6H3,(H,31,37)(H,32,36)/t15-,23-/m0/s1. The predicted molar refractivity (Wildman–Crippen MR) is 138 cm³/mol. The van der Waals surface area contributed by atoms with Gasteiger partial charge in [-0.2, -0.15) is 5.10 Å². The molecule has 1 aromatic heterocycles. The summed E-state index contributed by atoms with van der Waals surface area (Å²) >= 11 is 5.93. The Morgan fingerprint density at radius 3 is 2.19 bits per heavy atom. The maximum atomic E-state index is 13.9. The molecule has 1 heterocycles. The molecule has 3 N–H and O–H groups in total. The number of halogens is 3. The largest absolute Gasteiger partial charge is 0.378 e. The van der Waals surface area contributed by atoms with Gasteiger partial charge in [-0.15, -0.1) is 0 Å². The quantitative estimate of drug-likeness (QED) is 0.396. The van der Waals surface area contributed by atoms with Crippen LogP contribution >= 0.6 is 11.6 Å². The monoisotopic (exact) mass is 532 g/mol.